The molecule has 0 spiro atoms. The summed E-state index contributed by atoms with van der Waals surface area (Å²) in [5.74, 6) is 0.488. The molecule has 2 aromatic rings. The number of hydrogen-bond acceptors (Lipinski definition) is 4. The second-order valence-electron chi connectivity index (χ2n) is 6.42. The number of aromatic nitrogens is 2. The molecule has 1 heterocycles. The number of primary amides is 1. The zero-order valence-corrected chi connectivity index (χ0v) is 17.4. The molecular formula is C19H25ClN4O2S. The Kier molecular flexibility index (Phi) is 7.74. The molecule has 0 aliphatic rings. The van der Waals surface area contributed by atoms with Gasteiger partial charge in [0.2, 0.25) is 11.8 Å². The van der Waals surface area contributed by atoms with E-state index in [0.717, 1.165) is 22.5 Å². The van der Waals surface area contributed by atoms with Gasteiger partial charge >= 0.3 is 0 Å². The summed E-state index contributed by atoms with van der Waals surface area (Å²) in [6.45, 7) is 5.05. The highest BCUT2D eigenvalue weighted by molar-refractivity contribution is 7.99. The van der Waals surface area contributed by atoms with Gasteiger partial charge in [0.1, 0.15) is 0 Å². The molecule has 146 valence electrons. The van der Waals surface area contributed by atoms with E-state index in [1.54, 1.807) is 11.9 Å². The van der Waals surface area contributed by atoms with Crippen LogP contribution in [0.1, 0.15) is 28.9 Å². The van der Waals surface area contributed by atoms with Crippen molar-refractivity contribution in [2.45, 2.75) is 33.4 Å². The number of carbonyl (C=O) groups is 2. The fourth-order valence-electron chi connectivity index (χ4n) is 2.75. The summed E-state index contributed by atoms with van der Waals surface area (Å²) in [5, 5.41) is 5.33. The minimum absolute atomic E-state index is 0.0321. The van der Waals surface area contributed by atoms with Gasteiger partial charge in [-0.15, -0.1) is 0 Å². The number of halogens is 1. The maximum atomic E-state index is 12.3. The first-order valence-corrected chi connectivity index (χ1v) is 10.2. The van der Waals surface area contributed by atoms with Crippen molar-refractivity contribution in [3.05, 3.63) is 51.8 Å². The Morgan fingerprint density at radius 1 is 1.30 bits per heavy atom. The number of nitrogens with two attached hydrogens (primary N) is 1. The van der Waals surface area contributed by atoms with E-state index in [1.165, 1.54) is 11.8 Å². The molecule has 2 amide bonds. The molecule has 8 heteroatoms. The number of benzene rings is 1. The summed E-state index contributed by atoms with van der Waals surface area (Å²) in [5.41, 5.74) is 9.08. The van der Waals surface area contributed by atoms with Gasteiger partial charge in [-0.3, -0.25) is 14.3 Å². The first kappa shape index (κ1) is 21.3. The highest BCUT2D eigenvalue weighted by Gasteiger charge is 2.17. The Morgan fingerprint density at radius 2 is 2.00 bits per heavy atom. The Balaban J connectivity index is 2.00. The van der Waals surface area contributed by atoms with Gasteiger partial charge in [0.25, 0.3) is 0 Å². The van der Waals surface area contributed by atoms with Gasteiger partial charge in [0.05, 0.1) is 18.0 Å². The van der Waals surface area contributed by atoms with Crippen LogP contribution in [0.4, 0.5) is 0 Å². The predicted molar refractivity (Wildman–Crippen MR) is 110 cm³/mol. The van der Waals surface area contributed by atoms with Crippen molar-refractivity contribution in [2.24, 2.45) is 5.73 Å². The quantitative estimate of drug-likeness (QED) is 0.647. The first-order chi connectivity index (χ1) is 12.8. The van der Waals surface area contributed by atoms with E-state index in [-0.39, 0.29) is 17.6 Å². The van der Waals surface area contributed by atoms with E-state index in [4.69, 9.17) is 17.3 Å². The topological polar surface area (TPSA) is 81.2 Å². The van der Waals surface area contributed by atoms with Crippen molar-refractivity contribution >= 4 is 35.2 Å². The van der Waals surface area contributed by atoms with Gasteiger partial charge in [0.15, 0.2) is 0 Å². The van der Waals surface area contributed by atoms with Crippen LogP contribution in [0.2, 0.25) is 5.02 Å². The standard InChI is InChI=1S/C19H25ClN4O2S/c1-13-16(11-23(3)19(26)8-9-27-12-18(21)25)14(2)24(22-13)10-15-6-4-5-7-17(15)20/h4-7H,8-12H2,1-3H3,(H2,21,25). The van der Waals surface area contributed by atoms with Crippen LogP contribution in [-0.4, -0.2) is 45.0 Å². The molecule has 0 unspecified atom stereocenters. The molecule has 0 aliphatic carbocycles. The third kappa shape index (κ3) is 6.01. The molecule has 0 saturated carbocycles. The van der Waals surface area contributed by atoms with Crippen LogP contribution >= 0.6 is 23.4 Å². The van der Waals surface area contributed by atoms with Gasteiger partial charge in [-0.2, -0.15) is 16.9 Å². The summed E-state index contributed by atoms with van der Waals surface area (Å²) < 4.78 is 1.92. The molecule has 0 atom stereocenters. The van der Waals surface area contributed by atoms with E-state index in [1.807, 2.05) is 42.8 Å². The second kappa shape index (κ2) is 9.80. The van der Waals surface area contributed by atoms with Gasteiger partial charge in [-0.05, 0) is 25.5 Å². The lowest BCUT2D eigenvalue weighted by Crippen LogP contribution is -2.27. The molecule has 1 aromatic carbocycles. The van der Waals surface area contributed by atoms with Gasteiger partial charge in [-0.25, -0.2) is 0 Å². The fourth-order valence-corrected chi connectivity index (χ4v) is 3.61. The molecule has 6 nitrogen and oxygen atoms in total. The van der Waals surface area contributed by atoms with Gasteiger partial charge in [0, 0.05) is 42.0 Å². The van der Waals surface area contributed by atoms with E-state index < -0.39 is 0 Å². The number of carbonyl (C=O) groups excluding carboxylic acids is 2. The number of hydrogen-bond donors (Lipinski definition) is 1. The SMILES string of the molecule is Cc1nn(Cc2ccccc2Cl)c(C)c1CN(C)C(=O)CCSCC(N)=O. The van der Waals surface area contributed by atoms with Crippen molar-refractivity contribution in [3.63, 3.8) is 0 Å². The molecule has 0 saturated heterocycles. The highest BCUT2D eigenvalue weighted by atomic mass is 35.5. The van der Waals surface area contributed by atoms with Gasteiger partial charge in [-0.1, -0.05) is 29.8 Å². The third-order valence-electron chi connectivity index (χ3n) is 4.33. The van der Waals surface area contributed by atoms with Crippen LogP contribution < -0.4 is 5.73 Å². The van der Waals surface area contributed by atoms with Crippen LogP contribution in [0.3, 0.4) is 0 Å². The molecular weight excluding hydrogens is 384 g/mol. The summed E-state index contributed by atoms with van der Waals surface area (Å²) in [6, 6.07) is 7.71. The van der Waals surface area contributed by atoms with Crippen LogP contribution in [0, 0.1) is 13.8 Å². The smallest absolute Gasteiger partial charge is 0.227 e. The largest absolute Gasteiger partial charge is 0.369 e. The number of aryl methyl sites for hydroxylation is 1. The minimum atomic E-state index is -0.363. The van der Waals surface area contributed by atoms with Crippen LogP contribution in [0.5, 0.6) is 0 Å². The van der Waals surface area contributed by atoms with Crippen molar-refractivity contribution in [1.29, 1.82) is 0 Å². The van der Waals surface area contributed by atoms with Crippen molar-refractivity contribution < 1.29 is 9.59 Å². The number of rotatable bonds is 9. The molecule has 0 aliphatic heterocycles. The highest BCUT2D eigenvalue weighted by Crippen LogP contribution is 2.20. The molecule has 0 radical (unpaired) electrons. The van der Waals surface area contributed by atoms with Crippen molar-refractivity contribution in [2.75, 3.05) is 18.6 Å². The fraction of sp³-hybridized carbons (Fsp3) is 0.421. The average Bonchev–Trinajstić information content (AvgIpc) is 2.87. The Labute approximate surface area is 169 Å². The molecule has 2 rings (SSSR count). The Bertz CT molecular complexity index is 822. The zero-order valence-electron chi connectivity index (χ0n) is 15.9. The maximum absolute atomic E-state index is 12.3. The van der Waals surface area contributed by atoms with E-state index in [0.29, 0.717) is 30.3 Å². The Morgan fingerprint density at radius 3 is 2.67 bits per heavy atom. The molecule has 1 aromatic heterocycles. The summed E-state index contributed by atoms with van der Waals surface area (Å²) in [4.78, 5) is 24.7. The van der Waals surface area contributed by atoms with E-state index in [9.17, 15) is 9.59 Å². The summed E-state index contributed by atoms with van der Waals surface area (Å²) in [6.07, 6.45) is 0.375. The molecule has 2 N–H and O–H groups in total. The maximum Gasteiger partial charge on any atom is 0.227 e. The summed E-state index contributed by atoms with van der Waals surface area (Å²) in [7, 11) is 1.78. The Hall–Kier alpha value is -1.99. The van der Waals surface area contributed by atoms with Crippen molar-refractivity contribution in [3.8, 4) is 0 Å². The van der Waals surface area contributed by atoms with Gasteiger partial charge < -0.3 is 10.6 Å². The first-order valence-electron chi connectivity index (χ1n) is 8.66. The van der Waals surface area contributed by atoms with Crippen LogP contribution in [-0.2, 0) is 22.7 Å². The monoisotopic (exact) mass is 408 g/mol. The number of amides is 2. The molecule has 0 bridgehead atoms. The van der Waals surface area contributed by atoms with E-state index in [2.05, 4.69) is 5.10 Å². The lowest BCUT2D eigenvalue weighted by molar-refractivity contribution is -0.130. The zero-order chi connectivity index (χ0) is 20.0. The average molecular weight is 409 g/mol. The van der Waals surface area contributed by atoms with Crippen molar-refractivity contribution in [1.82, 2.24) is 14.7 Å². The minimum Gasteiger partial charge on any atom is -0.369 e. The second-order valence-corrected chi connectivity index (χ2v) is 7.93. The lowest BCUT2D eigenvalue weighted by Gasteiger charge is -2.17. The van der Waals surface area contributed by atoms with E-state index >= 15 is 0 Å². The molecule has 0 fully saturated rings. The van der Waals surface area contributed by atoms with Crippen LogP contribution in [0.25, 0.3) is 0 Å². The summed E-state index contributed by atoms with van der Waals surface area (Å²) >= 11 is 7.63. The number of thioether (sulfide) groups is 1. The predicted octanol–water partition coefficient (Wildman–Crippen LogP) is 2.77. The lowest BCUT2D eigenvalue weighted by atomic mass is 10.1. The third-order valence-corrected chi connectivity index (χ3v) is 5.69. The van der Waals surface area contributed by atoms with Crippen LogP contribution in [0.15, 0.2) is 24.3 Å². The normalized spacial score (nSPS) is 10.8. The molecule has 27 heavy (non-hydrogen) atoms. The number of nitrogens with zero attached hydrogens (tertiary/aromatic N) is 3.